The summed E-state index contributed by atoms with van der Waals surface area (Å²) in [6.07, 6.45) is 0. The van der Waals surface area contributed by atoms with Gasteiger partial charge in [0.15, 0.2) is 6.61 Å². The average molecular weight is 333 g/mol. The van der Waals surface area contributed by atoms with Gasteiger partial charge in [0.25, 0.3) is 5.91 Å². The molecule has 1 aliphatic rings. The summed E-state index contributed by atoms with van der Waals surface area (Å²) in [6, 6.07) is 7.28. The van der Waals surface area contributed by atoms with E-state index in [1.165, 1.54) is 4.90 Å². The molecule has 0 radical (unpaired) electrons. The fourth-order valence-corrected chi connectivity index (χ4v) is 2.80. The summed E-state index contributed by atoms with van der Waals surface area (Å²) in [5.41, 5.74) is 0.653. The molecule has 0 saturated carbocycles. The number of anilines is 1. The maximum Gasteiger partial charge on any atom is 0.265 e. The highest BCUT2D eigenvalue weighted by Gasteiger charge is 2.26. The van der Waals surface area contributed by atoms with Crippen molar-refractivity contribution in [2.24, 2.45) is 5.92 Å². The SMILES string of the molecule is CCN(CC)CC(C)CNC(=O)CN1C(=O)COc2ccccc21. The first-order chi connectivity index (χ1) is 11.5. The third kappa shape index (κ3) is 4.71. The molecule has 1 unspecified atom stereocenters. The van der Waals surface area contributed by atoms with Crippen molar-refractivity contribution in [3.8, 4) is 5.75 Å². The summed E-state index contributed by atoms with van der Waals surface area (Å²) in [4.78, 5) is 28.1. The summed E-state index contributed by atoms with van der Waals surface area (Å²) in [5.74, 6) is 0.660. The first kappa shape index (κ1) is 18.3. The summed E-state index contributed by atoms with van der Waals surface area (Å²) in [6.45, 7) is 9.96. The van der Waals surface area contributed by atoms with E-state index in [-0.39, 0.29) is 25.0 Å². The van der Waals surface area contributed by atoms with Crippen LogP contribution in [0.15, 0.2) is 24.3 Å². The molecule has 2 amide bonds. The van der Waals surface area contributed by atoms with Crippen molar-refractivity contribution in [1.82, 2.24) is 10.2 Å². The summed E-state index contributed by atoms with van der Waals surface area (Å²) in [7, 11) is 0. The fraction of sp³-hybridized carbons (Fsp3) is 0.556. The second-order valence-corrected chi connectivity index (χ2v) is 6.13. The van der Waals surface area contributed by atoms with E-state index in [0.29, 0.717) is 23.9 Å². The minimum Gasteiger partial charge on any atom is -0.482 e. The number of hydrogen-bond acceptors (Lipinski definition) is 4. The number of benzene rings is 1. The first-order valence-electron chi connectivity index (χ1n) is 8.56. The fourth-order valence-electron chi connectivity index (χ4n) is 2.80. The summed E-state index contributed by atoms with van der Waals surface area (Å²) < 4.78 is 5.39. The van der Waals surface area contributed by atoms with Gasteiger partial charge in [-0.05, 0) is 31.1 Å². The molecule has 0 aliphatic carbocycles. The molecule has 132 valence electrons. The maximum atomic E-state index is 12.2. The Hall–Kier alpha value is -2.08. The van der Waals surface area contributed by atoms with Crippen LogP contribution in [0, 0.1) is 5.92 Å². The molecule has 0 spiro atoms. The molecule has 1 aromatic carbocycles. The van der Waals surface area contributed by atoms with Gasteiger partial charge in [0.1, 0.15) is 12.3 Å². The predicted molar refractivity (Wildman–Crippen MR) is 94.3 cm³/mol. The highest BCUT2D eigenvalue weighted by Crippen LogP contribution is 2.31. The van der Waals surface area contributed by atoms with Crippen LogP contribution in [0.1, 0.15) is 20.8 Å². The third-order valence-electron chi connectivity index (χ3n) is 4.22. The number of rotatable bonds is 8. The van der Waals surface area contributed by atoms with Gasteiger partial charge in [-0.25, -0.2) is 0 Å². The molecule has 1 aliphatic heterocycles. The molecule has 24 heavy (non-hydrogen) atoms. The highest BCUT2D eigenvalue weighted by atomic mass is 16.5. The second kappa shape index (κ2) is 8.68. The van der Waals surface area contributed by atoms with Crippen LogP contribution in [0.5, 0.6) is 5.75 Å². The molecule has 0 bridgehead atoms. The molecule has 0 aromatic heterocycles. The van der Waals surface area contributed by atoms with E-state index in [0.717, 1.165) is 19.6 Å². The van der Waals surface area contributed by atoms with Crippen molar-refractivity contribution in [1.29, 1.82) is 0 Å². The van der Waals surface area contributed by atoms with Crippen molar-refractivity contribution < 1.29 is 14.3 Å². The molecule has 1 aromatic rings. The zero-order valence-corrected chi connectivity index (χ0v) is 14.7. The molecular weight excluding hydrogens is 306 g/mol. The van der Waals surface area contributed by atoms with E-state index in [1.807, 2.05) is 12.1 Å². The van der Waals surface area contributed by atoms with Gasteiger partial charge in [0.2, 0.25) is 5.91 Å². The van der Waals surface area contributed by atoms with E-state index in [9.17, 15) is 9.59 Å². The standard InChI is InChI=1S/C18H27N3O3/c1-4-20(5-2)11-14(3)10-19-17(22)12-21-15-8-6-7-9-16(15)24-13-18(21)23/h6-9,14H,4-5,10-13H2,1-3H3,(H,19,22). The van der Waals surface area contributed by atoms with Crippen LogP contribution in [0.25, 0.3) is 0 Å². The number of carbonyl (C=O) groups is 2. The Balaban J connectivity index is 1.87. The van der Waals surface area contributed by atoms with Gasteiger partial charge in [0, 0.05) is 13.1 Å². The van der Waals surface area contributed by atoms with Gasteiger partial charge in [-0.3, -0.25) is 14.5 Å². The number of carbonyl (C=O) groups excluding carboxylic acids is 2. The van der Waals surface area contributed by atoms with Crippen LogP contribution >= 0.6 is 0 Å². The lowest BCUT2D eigenvalue weighted by Gasteiger charge is -2.29. The topological polar surface area (TPSA) is 61.9 Å². The zero-order valence-electron chi connectivity index (χ0n) is 14.7. The van der Waals surface area contributed by atoms with Crippen molar-refractivity contribution in [3.05, 3.63) is 24.3 Å². The Morgan fingerprint density at radius 2 is 2.04 bits per heavy atom. The number of amides is 2. The number of nitrogens with zero attached hydrogens (tertiary/aromatic N) is 2. The Morgan fingerprint density at radius 3 is 2.75 bits per heavy atom. The number of nitrogens with one attached hydrogen (secondary N) is 1. The van der Waals surface area contributed by atoms with Crippen molar-refractivity contribution in [2.45, 2.75) is 20.8 Å². The van der Waals surface area contributed by atoms with Crippen LogP contribution in [0.3, 0.4) is 0 Å². The Kier molecular flexibility index (Phi) is 6.61. The number of fused-ring (bicyclic) bond motifs is 1. The molecule has 0 fully saturated rings. The number of ether oxygens (including phenoxy) is 1. The van der Waals surface area contributed by atoms with Gasteiger partial charge in [-0.1, -0.05) is 32.9 Å². The lowest BCUT2D eigenvalue weighted by molar-refractivity contribution is -0.125. The smallest absolute Gasteiger partial charge is 0.265 e. The van der Waals surface area contributed by atoms with E-state index in [1.54, 1.807) is 12.1 Å². The Bertz CT molecular complexity index is 572. The molecule has 0 saturated heterocycles. The van der Waals surface area contributed by atoms with E-state index in [2.05, 4.69) is 31.0 Å². The normalized spacial score (nSPS) is 15.0. The third-order valence-corrected chi connectivity index (χ3v) is 4.22. The molecule has 6 heteroatoms. The second-order valence-electron chi connectivity index (χ2n) is 6.13. The van der Waals surface area contributed by atoms with Crippen LogP contribution in [0.4, 0.5) is 5.69 Å². The van der Waals surface area contributed by atoms with Crippen molar-refractivity contribution >= 4 is 17.5 Å². The first-order valence-corrected chi connectivity index (χ1v) is 8.56. The highest BCUT2D eigenvalue weighted by molar-refractivity contribution is 6.02. The Morgan fingerprint density at radius 1 is 1.33 bits per heavy atom. The molecule has 6 nitrogen and oxygen atoms in total. The molecule has 1 heterocycles. The number of para-hydroxylation sites is 2. The van der Waals surface area contributed by atoms with Gasteiger partial charge < -0.3 is 15.0 Å². The molecule has 2 rings (SSSR count). The quantitative estimate of drug-likeness (QED) is 0.783. The lowest BCUT2D eigenvalue weighted by atomic mass is 10.1. The monoisotopic (exact) mass is 333 g/mol. The minimum atomic E-state index is -0.194. The van der Waals surface area contributed by atoms with E-state index >= 15 is 0 Å². The molecular formula is C18H27N3O3. The van der Waals surface area contributed by atoms with Crippen LogP contribution < -0.4 is 15.0 Å². The number of hydrogen-bond donors (Lipinski definition) is 1. The largest absolute Gasteiger partial charge is 0.482 e. The van der Waals surface area contributed by atoms with Gasteiger partial charge in [0.05, 0.1) is 5.69 Å². The minimum absolute atomic E-state index is 0.0250. The van der Waals surface area contributed by atoms with E-state index < -0.39 is 0 Å². The van der Waals surface area contributed by atoms with Crippen LogP contribution in [0.2, 0.25) is 0 Å². The molecule has 1 atom stereocenters. The van der Waals surface area contributed by atoms with Gasteiger partial charge in [-0.2, -0.15) is 0 Å². The average Bonchev–Trinajstić information content (AvgIpc) is 2.60. The van der Waals surface area contributed by atoms with E-state index in [4.69, 9.17) is 4.74 Å². The predicted octanol–water partition coefficient (Wildman–Crippen LogP) is 1.51. The van der Waals surface area contributed by atoms with Gasteiger partial charge >= 0.3 is 0 Å². The summed E-state index contributed by atoms with van der Waals surface area (Å²) >= 11 is 0. The maximum absolute atomic E-state index is 12.2. The Labute approximate surface area is 143 Å². The molecule has 1 N–H and O–H groups in total. The van der Waals surface area contributed by atoms with Crippen LogP contribution in [-0.4, -0.2) is 56.0 Å². The van der Waals surface area contributed by atoms with Gasteiger partial charge in [-0.15, -0.1) is 0 Å². The summed E-state index contributed by atoms with van der Waals surface area (Å²) in [5, 5.41) is 2.93. The van der Waals surface area contributed by atoms with Crippen LogP contribution in [-0.2, 0) is 9.59 Å². The zero-order chi connectivity index (χ0) is 17.5. The van der Waals surface area contributed by atoms with Crippen molar-refractivity contribution in [3.63, 3.8) is 0 Å². The van der Waals surface area contributed by atoms with Crippen molar-refractivity contribution in [2.75, 3.05) is 44.2 Å². The lowest BCUT2D eigenvalue weighted by Crippen LogP contribution is -2.46.